The monoisotopic (exact) mass is 344 g/mol. The lowest BCUT2D eigenvalue weighted by Gasteiger charge is -2.48. The number of benzene rings is 1. The number of ether oxygens (including phenoxy) is 1. The first-order chi connectivity index (χ1) is 11.8. The van der Waals surface area contributed by atoms with Crippen molar-refractivity contribution in [3.8, 4) is 0 Å². The maximum Gasteiger partial charge on any atom is 0.232 e. The van der Waals surface area contributed by atoms with Crippen LogP contribution in [0, 0.1) is 6.92 Å². The van der Waals surface area contributed by atoms with Crippen molar-refractivity contribution in [3.05, 3.63) is 35.4 Å². The number of carbonyl (C=O) groups excluding carboxylic acids is 2. The van der Waals surface area contributed by atoms with Gasteiger partial charge in [-0.05, 0) is 38.3 Å². The molecule has 0 spiro atoms. The van der Waals surface area contributed by atoms with E-state index in [0.717, 1.165) is 17.5 Å². The maximum absolute atomic E-state index is 13.3. The van der Waals surface area contributed by atoms with Gasteiger partial charge in [-0.1, -0.05) is 24.3 Å². The van der Waals surface area contributed by atoms with Crippen molar-refractivity contribution in [2.75, 3.05) is 26.2 Å². The zero-order valence-corrected chi connectivity index (χ0v) is 15.6. The van der Waals surface area contributed by atoms with Crippen LogP contribution in [0.15, 0.2) is 24.3 Å². The summed E-state index contributed by atoms with van der Waals surface area (Å²) in [5.41, 5.74) is 1.60. The number of morpholine rings is 1. The van der Waals surface area contributed by atoms with Gasteiger partial charge in [-0.25, -0.2) is 0 Å². The standard InChI is InChI=1S/C20H28N2O3/c1-14-7-5-6-8-16(14)20(3,4)19(24)21-10-9-18-17(13-21)22(15(2)23)11-12-25-18/h5-8,17-18H,9-13H2,1-4H3. The number of piperidine rings is 1. The van der Waals surface area contributed by atoms with E-state index in [1.807, 2.05) is 54.8 Å². The third-order valence-corrected chi connectivity index (χ3v) is 5.63. The Morgan fingerprint density at radius 1 is 1.20 bits per heavy atom. The molecule has 5 nitrogen and oxygen atoms in total. The molecule has 2 saturated heterocycles. The molecule has 1 aromatic rings. The first kappa shape index (κ1) is 17.9. The van der Waals surface area contributed by atoms with E-state index in [-0.39, 0.29) is 24.0 Å². The first-order valence-electron chi connectivity index (χ1n) is 9.06. The van der Waals surface area contributed by atoms with E-state index in [1.165, 1.54) is 0 Å². The largest absolute Gasteiger partial charge is 0.374 e. The van der Waals surface area contributed by atoms with E-state index in [9.17, 15) is 9.59 Å². The molecule has 2 aliphatic heterocycles. The van der Waals surface area contributed by atoms with Crippen molar-refractivity contribution >= 4 is 11.8 Å². The number of nitrogens with zero attached hydrogens (tertiary/aromatic N) is 2. The van der Waals surface area contributed by atoms with Crippen LogP contribution in [-0.2, 0) is 19.7 Å². The Hall–Kier alpha value is -1.88. The van der Waals surface area contributed by atoms with E-state index in [0.29, 0.717) is 26.2 Å². The van der Waals surface area contributed by atoms with E-state index in [1.54, 1.807) is 6.92 Å². The first-order valence-corrected chi connectivity index (χ1v) is 9.06. The van der Waals surface area contributed by atoms with Gasteiger partial charge in [0.05, 0.1) is 24.2 Å². The van der Waals surface area contributed by atoms with Crippen LogP contribution >= 0.6 is 0 Å². The van der Waals surface area contributed by atoms with Crippen molar-refractivity contribution in [1.29, 1.82) is 0 Å². The lowest BCUT2D eigenvalue weighted by atomic mass is 9.80. The van der Waals surface area contributed by atoms with Gasteiger partial charge in [0.2, 0.25) is 11.8 Å². The lowest BCUT2D eigenvalue weighted by Crippen LogP contribution is -2.63. The summed E-state index contributed by atoms with van der Waals surface area (Å²) in [5, 5.41) is 0. The molecule has 3 rings (SSSR count). The van der Waals surface area contributed by atoms with Gasteiger partial charge in [0, 0.05) is 26.6 Å². The molecule has 136 valence electrons. The third-order valence-electron chi connectivity index (χ3n) is 5.63. The summed E-state index contributed by atoms with van der Waals surface area (Å²) in [6, 6.07) is 8.02. The molecule has 2 fully saturated rings. The number of aryl methyl sites for hydroxylation is 1. The van der Waals surface area contributed by atoms with Crippen molar-refractivity contribution in [3.63, 3.8) is 0 Å². The van der Waals surface area contributed by atoms with Gasteiger partial charge >= 0.3 is 0 Å². The summed E-state index contributed by atoms with van der Waals surface area (Å²) in [7, 11) is 0. The fraction of sp³-hybridized carbons (Fsp3) is 0.600. The van der Waals surface area contributed by atoms with Crippen LogP contribution in [-0.4, -0.2) is 60.0 Å². The molecule has 0 aliphatic carbocycles. The highest BCUT2D eigenvalue weighted by Crippen LogP contribution is 2.31. The molecule has 2 unspecified atom stereocenters. The van der Waals surface area contributed by atoms with Crippen molar-refractivity contribution in [2.24, 2.45) is 0 Å². The van der Waals surface area contributed by atoms with Gasteiger partial charge in [-0.3, -0.25) is 9.59 Å². The Morgan fingerprint density at radius 2 is 1.92 bits per heavy atom. The molecule has 0 radical (unpaired) electrons. The van der Waals surface area contributed by atoms with Crippen LogP contribution in [0.3, 0.4) is 0 Å². The average molecular weight is 344 g/mol. The quantitative estimate of drug-likeness (QED) is 0.826. The third kappa shape index (κ3) is 3.30. The van der Waals surface area contributed by atoms with E-state index in [4.69, 9.17) is 4.74 Å². The van der Waals surface area contributed by atoms with Crippen LogP contribution in [0.4, 0.5) is 0 Å². The predicted octanol–water partition coefficient (Wildman–Crippen LogP) is 2.12. The number of rotatable bonds is 2. The average Bonchev–Trinajstić information content (AvgIpc) is 2.60. The van der Waals surface area contributed by atoms with Crippen LogP contribution in [0.25, 0.3) is 0 Å². The van der Waals surface area contributed by atoms with Crippen molar-refractivity contribution in [2.45, 2.75) is 51.7 Å². The Morgan fingerprint density at radius 3 is 2.60 bits per heavy atom. The lowest BCUT2D eigenvalue weighted by molar-refractivity contribution is -0.158. The van der Waals surface area contributed by atoms with Gasteiger partial charge in [0.15, 0.2) is 0 Å². The van der Waals surface area contributed by atoms with Crippen molar-refractivity contribution in [1.82, 2.24) is 9.80 Å². The van der Waals surface area contributed by atoms with Crippen LogP contribution in [0.1, 0.15) is 38.3 Å². The number of likely N-dealkylation sites (tertiary alicyclic amines) is 1. The number of fused-ring (bicyclic) bond motifs is 1. The van der Waals surface area contributed by atoms with Crippen molar-refractivity contribution < 1.29 is 14.3 Å². The van der Waals surface area contributed by atoms with Gasteiger partial charge in [-0.2, -0.15) is 0 Å². The molecule has 2 aliphatic rings. The van der Waals surface area contributed by atoms with Crippen LogP contribution < -0.4 is 0 Å². The second kappa shape index (κ2) is 6.79. The summed E-state index contributed by atoms with van der Waals surface area (Å²) >= 11 is 0. The summed E-state index contributed by atoms with van der Waals surface area (Å²) in [4.78, 5) is 29.0. The highest BCUT2D eigenvalue weighted by Gasteiger charge is 2.43. The summed E-state index contributed by atoms with van der Waals surface area (Å²) in [6.45, 7) is 10.1. The Labute approximate surface area is 149 Å². The number of carbonyl (C=O) groups is 2. The molecule has 2 atom stereocenters. The van der Waals surface area contributed by atoms with Gasteiger partial charge in [-0.15, -0.1) is 0 Å². The topological polar surface area (TPSA) is 49.9 Å². The van der Waals surface area contributed by atoms with E-state index < -0.39 is 5.41 Å². The Balaban J connectivity index is 1.81. The molecular weight excluding hydrogens is 316 g/mol. The molecule has 0 aromatic heterocycles. The fourth-order valence-electron chi connectivity index (χ4n) is 4.23. The SMILES string of the molecule is CC(=O)N1CCOC2CCN(C(=O)C(C)(C)c3ccccc3C)CC21. The summed E-state index contributed by atoms with van der Waals surface area (Å²) in [6.07, 6.45) is 0.826. The minimum absolute atomic E-state index is 0.0309. The molecule has 2 amide bonds. The molecule has 1 aromatic carbocycles. The normalized spacial score (nSPS) is 24.0. The summed E-state index contributed by atoms with van der Waals surface area (Å²) < 4.78 is 5.85. The van der Waals surface area contributed by atoms with E-state index >= 15 is 0 Å². The number of hydrogen-bond acceptors (Lipinski definition) is 3. The second-order valence-corrected chi connectivity index (χ2v) is 7.67. The zero-order chi connectivity index (χ0) is 18.2. The Bertz CT molecular complexity index is 671. The second-order valence-electron chi connectivity index (χ2n) is 7.67. The molecule has 2 heterocycles. The summed E-state index contributed by atoms with van der Waals surface area (Å²) in [5.74, 6) is 0.181. The molecule has 25 heavy (non-hydrogen) atoms. The van der Waals surface area contributed by atoms with Gasteiger partial charge < -0.3 is 14.5 Å². The molecule has 0 N–H and O–H groups in total. The smallest absolute Gasteiger partial charge is 0.232 e. The molecule has 5 heteroatoms. The minimum Gasteiger partial charge on any atom is -0.374 e. The predicted molar refractivity (Wildman–Crippen MR) is 96.3 cm³/mol. The number of hydrogen-bond donors (Lipinski definition) is 0. The van der Waals surface area contributed by atoms with Gasteiger partial charge in [0.1, 0.15) is 0 Å². The molecule has 0 bridgehead atoms. The minimum atomic E-state index is -0.589. The molecular formula is C20H28N2O3. The van der Waals surface area contributed by atoms with E-state index in [2.05, 4.69) is 0 Å². The maximum atomic E-state index is 13.3. The van der Waals surface area contributed by atoms with Gasteiger partial charge in [0.25, 0.3) is 0 Å². The highest BCUT2D eigenvalue weighted by molar-refractivity contribution is 5.88. The fourth-order valence-corrected chi connectivity index (χ4v) is 4.23. The number of amides is 2. The molecule has 0 saturated carbocycles. The van der Waals surface area contributed by atoms with Crippen LogP contribution in [0.2, 0.25) is 0 Å². The Kier molecular flexibility index (Phi) is 4.87. The highest BCUT2D eigenvalue weighted by atomic mass is 16.5. The van der Waals surface area contributed by atoms with Crippen LogP contribution in [0.5, 0.6) is 0 Å². The zero-order valence-electron chi connectivity index (χ0n) is 15.6.